The summed E-state index contributed by atoms with van der Waals surface area (Å²) in [4.78, 5) is 40.2. The summed E-state index contributed by atoms with van der Waals surface area (Å²) in [6.07, 6.45) is -3.79. The smallest absolute Gasteiger partial charge is 0.336 e. The Morgan fingerprint density at radius 3 is 2.56 bits per heavy atom. The molecular weight excluding hydrogens is 423 g/mol. The maximum Gasteiger partial charge on any atom is 0.418 e. The van der Waals surface area contributed by atoms with E-state index in [1.165, 1.54) is 19.2 Å². The third-order valence-electron chi connectivity index (χ3n) is 5.37. The Balaban J connectivity index is 1.63. The number of halogens is 3. The van der Waals surface area contributed by atoms with Crippen LogP contribution in [-0.4, -0.2) is 42.8 Å². The van der Waals surface area contributed by atoms with Gasteiger partial charge >= 0.3 is 6.18 Å². The molecule has 0 spiro atoms. The quantitative estimate of drug-likeness (QED) is 0.734. The van der Waals surface area contributed by atoms with Crippen molar-refractivity contribution in [3.8, 4) is 0 Å². The zero-order valence-electron chi connectivity index (χ0n) is 17.8. The SMILES string of the molecule is CCc1cccc(N2C[C@@H](C(=O)N(C)CC(=O)Nc3ccccc3C(F)(F)F)CC2=O)c1. The zero-order chi connectivity index (χ0) is 23.5. The number of para-hydroxylation sites is 1. The monoisotopic (exact) mass is 447 g/mol. The van der Waals surface area contributed by atoms with Crippen LogP contribution in [-0.2, 0) is 27.0 Å². The van der Waals surface area contributed by atoms with E-state index in [0.29, 0.717) is 5.69 Å². The topological polar surface area (TPSA) is 69.7 Å². The number of rotatable bonds is 6. The average molecular weight is 447 g/mol. The largest absolute Gasteiger partial charge is 0.418 e. The summed E-state index contributed by atoms with van der Waals surface area (Å²) in [5.74, 6) is -1.98. The number of carbonyl (C=O) groups excluding carboxylic acids is 3. The molecular formula is C23H24F3N3O3. The van der Waals surface area contributed by atoms with Crippen molar-refractivity contribution in [2.45, 2.75) is 25.9 Å². The van der Waals surface area contributed by atoms with Crippen molar-refractivity contribution in [3.63, 3.8) is 0 Å². The van der Waals surface area contributed by atoms with Crippen molar-refractivity contribution in [1.82, 2.24) is 4.90 Å². The molecule has 6 nitrogen and oxygen atoms in total. The van der Waals surface area contributed by atoms with Crippen LogP contribution in [0.1, 0.15) is 24.5 Å². The molecule has 1 aliphatic rings. The molecule has 170 valence electrons. The number of hydrogen-bond donors (Lipinski definition) is 1. The highest BCUT2D eigenvalue weighted by atomic mass is 19.4. The molecule has 1 atom stereocenters. The lowest BCUT2D eigenvalue weighted by Gasteiger charge is -2.22. The normalized spacial score (nSPS) is 16.2. The van der Waals surface area contributed by atoms with E-state index in [-0.39, 0.29) is 24.6 Å². The molecule has 0 radical (unpaired) electrons. The number of aryl methyl sites for hydroxylation is 1. The van der Waals surface area contributed by atoms with Gasteiger partial charge < -0.3 is 15.1 Å². The van der Waals surface area contributed by atoms with Gasteiger partial charge in [0.05, 0.1) is 23.7 Å². The number of alkyl halides is 3. The van der Waals surface area contributed by atoms with E-state index in [2.05, 4.69) is 5.32 Å². The van der Waals surface area contributed by atoms with Crippen molar-refractivity contribution in [1.29, 1.82) is 0 Å². The highest BCUT2D eigenvalue weighted by molar-refractivity contribution is 6.01. The summed E-state index contributed by atoms with van der Waals surface area (Å²) < 4.78 is 39.3. The summed E-state index contributed by atoms with van der Waals surface area (Å²) in [7, 11) is 1.39. The van der Waals surface area contributed by atoms with Crippen LogP contribution in [0.5, 0.6) is 0 Å². The summed E-state index contributed by atoms with van der Waals surface area (Å²) in [5.41, 5.74) is 0.448. The Hall–Kier alpha value is -3.36. The van der Waals surface area contributed by atoms with E-state index in [0.717, 1.165) is 29.0 Å². The number of carbonyl (C=O) groups is 3. The first kappa shape index (κ1) is 23.3. The van der Waals surface area contributed by atoms with E-state index in [1.807, 2.05) is 25.1 Å². The van der Waals surface area contributed by atoms with Gasteiger partial charge in [-0.1, -0.05) is 31.2 Å². The second-order valence-corrected chi connectivity index (χ2v) is 7.71. The molecule has 1 N–H and O–H groups in total. The third kappa shape index (κ3) is 5.27. The van der Waals surface area contributed by atoms with Crippen molar-refractivity contribution in [2.24, 2.45) is 5.92 Å². The van der Waals surface area contributed by atoms with Crippen LogP contribution in [0.2, 0.25) is 0 Å². The van der Waals surface area contributed by atoms with E-state index < -0.39 is 36.0 Å². The Bertz CT molecular complexity index is 1020. The van der Waals surface area contributed by atoms with E-state index in [9.17, 15) is 27.6 Å². The van der Waals surface area contributed by atoms with Crippen LogP contribution in [0.3, 0.4) is 0 Å². The second kappa shape index (κ2) is 9.42. The molecule has 0 unspecified atom stereocenters. The summed E-state index contributed by atoms with van der Waals surface area (Å²) in [6, 6.07) is 12.2. The minimum Gasteiger partial charge on any atom is -0.336 e. The summed E-state index contributed by atoms with van der Waals surface area (Å²) in [5, 5.41) is 2.22. The standard InChI is InChI=1S/C23H24F3N3O3/c1-3-15-7-6-8-17(11-15)29-13-16(12-21(29)31)22(32)28(2)14-20(30)27-19-10-5-4-9-18(19)23(24,25)26/h4-11,16H,3,12-14H2,1-2H3,(H,27,30)/t16-/m0/s1. The summed E-state index contributed by atoms with van der Waals surface area (Å²) >= 11 is 0. The van der Waals surface area contributed by atoms with Crippen LogP contribution in [0.4, 0.5) is 24.5 Å². The lowest BCUT2D eigenvalue weighted by atomic mass is 10.1. The van der Waals surface area contributed by atoms with Gasteiger partial charge in [0.25, 0.3) is 0 Å². The van der Waals surface area contributed by atoms with Crippen LogP contribution in [0.25, 0.3) is 0 Å². The lowest BCUT2D eigenvalue weighted by Crippen LogP contribution is -2.39. The van der Waals surface area contributed by atoms with Gasteiger partial charge in [-0.05, 0) is 36.2 Å². The second-order valence-electron chi connectivity index (χ2n) is 7.71. The molecule has 32 heavy (non-hydrogen) atoms. The zero-order valence-corrected chi connectivity index (χ0v) is 17.8. The first-order chi connectivity index (χ1) is 15.1. The predicted octanol–water partition coefficient (Wildman–Crippen LogP) is 3.72. The van der Waals surface area contributed by atoms with Crippen molar-refractivity contribution in [2.75, 3.05) is 30.4 Å². The number of benzene rings is 2. The maximum atomic E-state index is 13.1. The molecule has 1 heterocycles. The maximum absolute atomic E-state index is 13.1. The fraction of sp³-hybridized carbons (Fsp3) is 0.348. The fourth-order valence-electron chi connectivity index (χ4n) is 3.70. The predicted molar refractivity (Wildman–Crippen MR) is 114 cm³/mol. The molecule has 0 aromatic heterocycles. The van der Waals surface area contributed by atoms with Gasteiger partial charge in [-0.25, -0.2) is 0 Å². The van der Waals surface area contributed by atoms with E-state index in [1.54, 1.807) is 11.0 Å². The molecule has 0 aliphatic carbocycles. The van der Waals surface area contributed by atoms with Gasteiger partial charge in [0, 0.05) is 25.7 Å². The number of nitrogens with zero attached hydrogens (tertiary/aromatic N) is 2. The molecule has 9 heteroatoms. The molecule has 2 aromatic carbocycles. The lowest BCUT2D eigenvalue weighted by molar-refractivity contribution is -0.138. The Morgan fingerprint density at radius 1 is 1.16 bits per heavy atom. The molecule has 2 aromatic rings. The highest BCUT2D eigenvalue weighted by Gasteiger charge is 2.37. The first-order valence-electron chi connectivity index (χ1n) is 10.2. The Labute approximate surface area is 184 Å². The molecule has 0 bridgehead atoms. The average Bonchev–Trinajstić information content (AvgIpc) is 3.14. The number of amides is 3. The van der Waals surface area contributed by atoms with Gasteiger partial charge in [0.1, 0.15) is 0 Å². The number of hydrogen-bond acceptors (Lipinski definition) is 3. The third-order valence-corrected chi connectivity index (χ3v) is 5.37. The molecule has 3 amide bonds. The number of anilines is 2. The molecule has 1 fully saturated rings. The molecule has 1 aliphatic heterocycles. The van der Waals surface area contributed by atoms with Gasteiger partial charge in [-0.2, -0.15) is 13.2 Å². The minimum absolute atomic E-state index is 0.0120. The first-order valence-corrected chi connectivity index (χ1v) is 10.2. The summed E-state index contributed by atoms with van der Waals surface area (Å²) in [6.45, 7) is 1.76. The van der Waals surface area contributed by atoms with Crippen molar-refractivity contribution < 1.29 is 27.6 Å². The number of nitrogens with one attached hydrogen (secondary N) is 1. The van der Waals surface area contributed by atoms with Gasteiger partial charge in [0.2, 0.25) is 17.7 Å². The molecule has 0 saturated carbocycles. The van der Waals surface area contributed by atoms with Crippen LogP contribution >= 0.6 is 0 Å². The van der Waals surface area contributed by atoms with Crippen LogP contribution in [0, 0.1) is 5.92 Å². The van der Waals surface area contributed by atoms with E-state index >= 15 is 0 Å². The molecule has 1 saturated heterocycles. The Kier molecular flexibility index (Phi) is 6.86. The Morgan fingerprint density at radius 2 is 1.88 bits per heavy atom. The minimum atomic E-state index is -4.62. The van der Waals surface area contributed by atoms with Crippen LogP contribution < -0.4 is 10.2 Å². The van der Waals surface area contributed by atoms with Crippen molar-refractivity contribution >= 4 is 29.1 Å². The fourth-order valence-corrected chi connectivity index (χ4v) is 3.70. The molecule has 3 rings (SSSR count). The van der Waals surface area contributed by atoms with Gasteiger partial charge in [-0.3, -0.25) is 14.4 Å². The van der Waals surface area contributed by atoms with Crippen molar-refractivity contribution in [3.05, 3.63) is 59.7 Å². The van der Waals surface area contributed by atoms with Gasteiger partial charge in [-0.15, -0.1) is 0 Å². The highest BCUT2D eigenvalue weighted by Crippen LogP contribution is 2.34. The number of likely N-dealkylation sites (N-methyl/N-ethyl adjacent to an activating group) is 1. The van der Waals surface area contributed by atoms with Crippen LogP contribution in [0.15, 0.2) is 48.5 Å². The van der Waals surface area contributed by atoms with E-state index in [4.69, 9.17) is 0 Å². The van der Waals surface area contributed by atoms with Gasteiger partial charge in [0.15, 0.2) is 0 Å².